The SMILES string of the molecule is COC(=O)CN1CC(N)CC(CC(O)C2CC2)C1. The number of piperidine rings is 1. The molecule has 2 aliphatic rings. The Morgan fingerprint density at radius 1 is 1.50 bits per heavy atom. The van der Waals surface area contributed by atoms with Gasteiger partial charge in [-0.15, -0.1) is 0 Å². The molecule has 1 aliphatic heterocycles. The molecule has 0 aromatic rings. The van der Waals surface area contributed by atoms with Crippen molar-refractivity contribution in [2.45, 2.75) is 37.8 Å². The molecule has 1 aliphatic carbocycles. The Kier molecular flexibility index (Phi) is 4.59. The van der Waals surface area contributed by atoms with Crippen LogP contribution < -0.4 is 5.73 Å². The number of nitrogens with two attached hydrogens (primary N) is 1. The molecule has 2 rings (SSSR count). The highest BCUT2D eigenvalue weighted by atomic mass is 16.5. The van der Waals surface area contributed by atoms with Crippen molar-refractivity contribution < 1.29 is 14.6 Å². The number of nitrogens with zero attached hydrogens (tertiary/aromatic N) is 1. The van der Waals surface area contributed by atoms with Crippen LogP contribution in [0.5, 0.6) is 0 Å². The first-order chi connectivity index (χ1) is 8.58. The van der Waals surface area contributed by atoms with E-state index in [1.165, 1.54) is 7.11 Å². The Bertz CT molecular complexity index is 294. The number of rotatable bonds is 5. The van der Waals surface area contributed by atoms with Crippen molar-refractivity contribution in [1.82, 2.24) is 4.90 Å². The van der Waals surface area contributed by atoms with Gasteiger partial charge in [0.1, 0.15) is 0 Å². The van der Waals surface area contributed by atoms with Crippen LogP contribution in [0.4, 0.5) is 0 Å². The first-order valence-corrected chi connectivity index (χ1v) is 6.81. The van der Waals surface area contributed by atoms with E-state index in [1.54, 1.807) is 0 Å². The third kappa shape index (κ3) is 3.93. The van der Waals surface area contributed by atoms with Crippen LogP contribution >= 0.6 is 0 Å². The molecule has 0 amide bonds. The lowest BCUT2D eigenvalue weighted by atomic mass is 9.89. The predicted molar refractivity (Wildman–Crippen MR) is 67.9 cm³/mol. The molecule has 3 atom stereocenters. The van der Waals surface area contributed by atoms with Gasteiger partial charge in [-0.25, -0.2) is 0 Å². The highest BCUT2D eigenvalue weighted by molar-refractivity contribution is 5.71. The Labute approximate surface area is 108 Å². The molecule has 0 aromatic heterocycles. The molecule has 5 nitrogen and oxygen atoms in total. The van der Waals surface area contributed by atoms with Gasteiger partial charge in [0.05, 0.1) is 19.8 Å². The van der Waals surface area contributed by atoms with Gasteiger partial charge in [-0.2, -0.15) is 0 Å². The zero-order valence-electron chi connectivity index (χ0n) is 11.0. The summed E-state index contributed by atoms with van der Waals surface area (Å²) in [5.41, 5.74) is 6.02. The Balaban J connectivity index is 1.81. The van der Waals surface area contributed by atoms with E-state index in [2.05, 4.69) is 4.74 Å². The number of carbonyl (C=O) groups is 1. The third-order valence-corrected chi connectivity index (χ3v) is 3.97. The second-order valence-electron chi connectivity index (χ2n) is 5.77. The molecular weight excluding hydrogens is 232 g/mol. The van der Waals surface area contributed by atoms with Crippen molar-refractivity contribution in [3.05, 3.63) is 0 Å². The van der Waals surface area contributed by atoms with E-state index in [-0.39, 0.29) is 18.1 Å². The lowest BCUT2D eigenvalue weighted by Crippen LogP contribution is -2.49. The molecule has 0 radical (unpaired) electrons. The monoisotopic (exact) mass is 256 g/mol. The summed E-state index contributed by atoms with van der Waals surface area (Å²) >= 11 is 0. The van der Waals surface area contributed by atoms with Crippen LogP contribution in [-0.4, -0.2) is 54.9 Å². The second-order valence-corrected chi connectivity index (χ2v) is 5.77. The fourth-order valence-electron chi connectivity index (χ4n) is 2.91. The molecule has 0 aromatic carbocycles. The summed E-state index contributed by atoms with van der Waals surface area (Å²) in [5, 5.41) is 9.99. The van der Waals surface area contributed by atoms with E-state index >= 15 is 0 Å². The van der Waals surface area contributed by atoms with Crippen LogP contribution in [-0.2, 0) is 9.53 Å². The quantitative estimate of drug-likeness (QED) is 0.676. The molecule has 104 valence electrons. The largest absolute Gasteiger partial charge is 0.468 e. The fourth-order valence-corrected chi connectivity index (χ4v) is 2.91. The molecular formula is C13H24N2O3. The summed E-state index contributed by atoms with van der Waals surface area (Å²) in [6.45, 7) is 1.89. The minimum Gasteiger partial charge on any atom is -0.468 e. The standard InChI is InChI=1S/C13H24N2O3/c1-18-13(17)8-15-6-9(4-11(14)7-15)5-12(16)10-2-3-10/h9-12,16H,2-8,14H2,1H3. The van der Waals surface area contributed by atoms with Crippen molar-refractivity contribution in [2.75, 3.05) is 26.7 Å². The minimum atomic E-state index is -0.217. The van der Waals surface area contributed by atoms with E-state index in [9.17, 15) is 9.90 Å². The van der Waals surface area contributed by atoms with Crippen LogP contribution in [0.15, 0.2) is 0 Å². The van der Waals surface area contributed by atoms with Crippen LogP contribution in [0.25, 0.3) is 0 Å². The van der Waals surface area contributed by atoms with E-state index in [1.807, 2.05) is 4.90 Å². The second kappa shape index (κ2) is 5.99. The number of esters is 1. The van der Waals surface area contributed by atoms with Crippen molar-refractivity contribution in [3.63, 3.8) is 0 Å². The highest BCUT2D eigenvalue weighted by Crippen LogP contribution is 2.36. The molecule has 0 spiro atoms. The summed E-state index contributed by atoms with van der Waals surface area (Å²) in [6, 6.07) is 0.0970. The molecule has 1 saturated carbocycles. The van der Waals surface area contributed by atoms with Crippen LogP contribution in [0.2, 0.25) is 0 Å². The average Bonchev–Trinajstić information content (AvgIpc) is 3.11. The van der Waals surface area contributed by atoms with Gasteiger partial charge in [0.2, 0.25) is 0 Å². The Hall–Kier alpha value is -0.650. The summed E-state index contributed by atoms with van der Waals surface area (Å²) in [5.74, 6) is 0.691. The first kappa shape index (κ1) is 13.8. The predicted octanol–water partition coefficient (Wildman–Crippen LogP) is -0.0304. The van der Waals surface area contributed by atoms with E-state index in [4.69, 9.17) is 5.73 Å². The first-order valence-electron chi connectivity index (χ1n) is 6.81. The van der Waals surface area contributed by atoms with Crippen molar-refractivity contribution in [3.8, 4) is 0 Å². The molecule has 5 heteroatoms. The van der Waals surface area contributed by atoms with Gasteiger partial charge in [0, 0.05) is 19.1 Å². The molecule has 1 heterocycles. The molecule has 2 fully saturated rings. The lowest BCUT2D eigenvalue weighted by molar-refractivity contribution is -0.142. The van der Waals surface area contributed by atoms with Crippen LogP contribution in [0, 0.1) is 11.8 Å². The lowest BCUT2D eigenvalue weighted by Gasteiger charge is -2.36. The van der Waals surface area contributed by atoms with Crippen molar-refractivity contribution in [1.29, 1.82) is 0 Å². The maximum Gasteiger partial charge on any atom is 0.319 e. The average molecular weight is 256 g/mol. The number of ether oxygens (including phenoxy) is 1. The van der Waals surface area contributed by atoms with Gasteiger partial charge < -0.3 is 15.6 Å². The van der Waals surface area contributed by atoms with Crippen molar-refractivity contribution in [2.24, 2.45) is 17.6 Å². The van der Waals surface area contributed by atoms with Gasteiger partial charge in [-0.05, 0) is 37.5 Å². The Morgan fingerprint density at radius 3 is 2.83 bits per heavy atom. The third-order valence-electron chi connectivity index (χ3n) is 3.97. The number of methoxy groups -OCH3 is 1. The number of hydrogen-bond acceptors (Lipinski definition) is 5. The van der Waals surface area contributed by atoms with Gasteiger partial charge in [-0.1, -0.05) is 0 Å². The number of hydrogen-bond donors (Lipinski definition) is 2. The zero-order valence-corrected chi connectivity index (χ0v) is 11.0. The van der Waals surface area contributed by atoms with Gasteiger partial charge in [-0.3, -0.25) is 9.69 Å². The smallest absolute Gasteiger partial charge is 0.319 e. The van der Waals surface area contributed by atoms with Crippen LogP contribution in [0.1, 0.15) is 25.7 Å². The zero-order chi connectivity index (χ0) is 13.1. The number of likely N-dealkylation sites (tertiary alicyclic amines) is 1. The minimum absolute atomic E-state index is 0.0970. The summed E-state index contributed by atoms with van der Waals surface area (Å²) in [6.07, 6.45) is 3.90. The molecule has 1 saturated heterocycles. The normalized spacial score (nSPS) is 31.1. The highest BCUT2D eigenvalue weighted by Gasteiger charge is 2.34. The topological polar surface area (TPSA) is 75.8 Å². The van der Waals surface area contributed by atoms with Gasteiger partial charge >= 0.3 is 5.97 Å². The number of aliphatic hydroxyl groups is 1. The van der Waals surface area contributed by atoms with E-state index < -0.39 is 0 Å². The number of carbonyl (C=O) groups excluding carboxylic acids is 1. The molecule has 3 N–H and O–H groups in total. The fraction of sp³-hybridized carbons (Fsp3) is 0.923. The van der Waals surface area contributed by atoms with Gasteiger partial charge in [0.25, 0.3) is 0 Å². The summed E-state index contributed by atoms with van der Waals surface area (Å²) in [7, 11) is 1.40. The molecule has 0 bridgehead atoms. The van der Waals surface area contributed by atoms with Crippen molar-refractivity contribution >= 4 is 5.97 Å². The molecule has 18 heavy (non-hydrogen) atoms. The summed E-state index contributed by atoms with van der Waals surface area (Å²) in [4.78, 5) is 13.3. The van der Waals surface area contributed by atoms with E-state index in [0.717, 1.165) is 38.8 Å². The number of aliphatic hydroxyl groups excluding tert-OH is 1. The van der Waals surface area contributed by atoms with E-state index in [0.29, 0.717) is 18.4 Å². The summed E-state index contributed by atoms with van der Waals surface area (Å²) < 4.78 is 4.68. The maximum atomic E-state index is 11.3. The molecule has 3 unspecified atom stereocenters. The van der Waals surface area contributed by atoms with Gasteiger partial charge in [0.15, 0.2) is 0 Å². The van der Waals surface area contributed by atoms with Crippen LogP contribution in [0.3, 0.4) is 0 Å². The maximum absolute atomic E-state index is 11.3. The Morgan fingerprint density at radius 2 is 2.22 bits per heavy atom.